The number of carbonyl (C=O) groups excluding carboxylic acids is 1. The van der Waals surface area contributed by atoms with Gasteiger partial charge in [0, 0.05) is 27.1 Å². The Hall–Kier alpha value is -3.30. The molecule has 188 valence electrons. The van der Waals surface area contributed by atoms with Crippen molar-refractivity contribution in [3.05, 3.63) is 64.2 Å². The van der Waals surface area contributed by atoms with Gasteiger partial charge in [-0.05, 0) is 61.9 Å². The third-order valence-corrected chi connectivity index (χ3v) is 7.09. The van der Waals surface area contributed by atoms with Gasteiger partial charge in [0.2, 0.25) is 0 Å². The summed E-state index contributed by atoms with van der Waals surface area (Å²) < 4.78 is 25.0. The average molecular weight is 526 g/mol. The lowest BCUT2D eigenvalue weighted by Crippen LogP contribution is -2.07. The lowest BCUT2D eigenvalue weighted by atomic mass is 10.0. The topological polar surface area (TPSA) is 73.3 Å². The quantitative estimate of drug-likeness (QED) is 0.227. The first kappa shape index (κ1) is 25.8. The molecule has 36 heavy (non-hydrogen) atoms. The Morgan fingerprint density at radius 1 is 1.14 bits per heavy atom. The molecule has 4 rings (SSSR count). The monoisotopic (exact) mass is 525 g/mol. The van der Waals surface area contributed by atoms with Gasteiger partial charge in [-0.3, -0.25) is 0 Å². The SMILES string of the molecule is COC(=O)c1cc(-c2cccs2)cnc1Nc1nc(-c2ccc(F)c(OC(C)C)c2)c(CC(C)C)s1. The van der Waals surface area contributed by atoms with Crippen molar-refractivity contribution >= 4 is 39.6 Å². The molecule has 0 aliphatic carbocycles. The van der Waals surface area contributed by atoms with E-state index in [2.05, 4.69) is 24.1 Å². The number of aromatic nitrogens is 2. The van der Waals surface area contributed by atoms with Crippen LogP contribution in [0.25, 0.3) is 21.7 Å². The van der Waals surface area contributed by atoms with Crippen LogP contribution in [-0.2, 0) is 11.2 Å². The molecule has 3 heterocycles. The lowest BCUT2D eigenvalue weighted by Gasteiger charge is -2.12. The van der Waals surface area contributed by atoms with Gasteiger partial charge in [0.15, 0.2) is 16.7 Å². The zero-order valence-electron chi connectivity index (χ0n) is 20.8. The Morgan fingerprint density at radius 2 is 1.94 bits per heavy atom. The van der Waals surface area contributed by atoms with Gasteiger partial charge in [-0.2, -0.15) is 0 Å². The zero-order chi connectivity index (χ0) is 25.8. The van der Waals surface area contributed by atoms with E-state index in [4.69, 9.17) is 14.5 Å². The molecular formula is C27H28FN3O3S2. The molecule has 0 radical (unpaired) electrons. The molecule has 0 aliphatic rings. The number of methoxy groups -OCH3 is 1. The van der Waals surface area contributed by atoms with Crippen molar-refractivity contribution in [2.24, 2.45) is 5.92 Å². The van der Waals surface area contributed by atoms with Crippen molar-refractivity contribution in [2.75, 3.05) is 12.4 Å². The van der Waals surface area contributed by atoms with Crippen molar-refractivity contribution in [3.8, 4) is 27.4 Å². The summed E-state index contributed by atoms with van der Waals surface area (Å²) in [5.74, 6) is 0.0410. The first-order chi connectivity index (χ1) is 17.2. The molecule has 0 unspecified atom stereocenters. The summed E-state index contributed by atoms with van der Waals surface area (Å²) >= 11 is 3.05. The molecular weight excluding hydrogens is 497 g/mol. The second-order valence-corrected chi connectivity index (χ2v) is 10.9. The van der Waals surface area contributed by atoms with Gasteiger partial charge < -0.3 is 14.8 Å². The number of hydrogen-bond acceptors (Lipinski definition) is 8. The average Bonchev–Trinajstić information content (AvgIpc) is 3.50. The molecule has 0 saturated heterocycles. The number of carbonyl (C=O) groups is 1. The first-order valence-electron chi connectivity index (χ1n) is 11.6. The largest absolute Gasteiger partial charge is 0.488 e. The van der Waals surface area contributed by atoms with E-state index in [1.807, 2.05) is 31.4 Å². The van der Waals surface area contributed by atoms with Crippen LogP contribution in [0, 0.1) is 11.7 Å². The standard InChI is InChI=1S/C27H28FN3O3S2/c1-15(2)11-23-24(17-8-9-20(28)21(13-17)34-16(3)4)30-27(36-23)31-25-19(26(32)33-5)12-18(14-29-25)22-7-6-10-35-22/h6-10,12-16H,11H2,1-5H3,(H,29,30,31). The molecule has 0 amide bonds. The van der Waals surface area contributed by atoms with E-state index in [0.717, 1.165) is 33.0 Å². The van der Waals surface area contributed by atoms with Crippen LogP contribution >= 0.6 is 22.7 Å². The highest BCUT2D eigenvalue weighted by atomic mass is 32.1. The zero-order valence-corrected chi connectivity index (χ0v) is 22.4. The van der Waals surface area contributed by atoms with Crippen LogP contribution < -0.4 is 10.1 Å². The van der Waals surface area contributed by atoms with Gasteiger partial charge in [-0.15, -0.1) is 22.7 Å². The molecule has 6 nitrogen and oxygen atoms in total. The number of pyridine rings is 1. The maximum absolute atomic E-state index is 14.3. The minimum atomic E-state index is -0.489. The van der Waals surface area contributed by atoms with Crippen molar-refractivity contribution in [1.29, 1.82) is 0 Å². The van der Waals surface area contributed by atoms with Crippen LogP contribution in [0.4, 0.5) is 15.3 Å². The third-order valence-electron chi connectivity index (χ3n) is 5.18. The van der Waals surface area contributed by atoms with E-state index in [1.165, 1.54) is 24.5 Å². The maximum atomic E-state index is 14.3. The van der Waals surface area contributed by atoms with Crippen LogP contribution in [0.15, 0.2) is 48.0 Å². The number of rotatable bonds is 9. The van der Waals surface area contributed by atoms with E-state index in [9.17, 15) is 9.18 Å². The summed E-state index contributed by atoms with van der Waals surface area (Å²) in [5.41, 5.74) is 2.67. The summed E-state index contributed by atoms with van der Waals surface area (Å²) in [7, 11) is 1.34. The highest BCUT2D eigenvalue weighted by Crippen LogP contribution is 2.37. The van der Waals surface area contributed by atoms with Crippen molar-refractivity contribution in [3.63, 3.8) is 0 Å². The molecule has 0 bridgehead atoms. The van der Waals surface area contributed by atoms with E-state index in [-0.39, 0.29) is 11.9 Å². The molecule has 0 fully saturated rings. The molecule has 3 aromatic heterocycles. The summed E-state index contributed by atoms with van der Waals surface area (Å²) in [5, 5.41) is 5.77. The Morgan fingerprint density at radius 3 is 2.61 bits per heavy atom. The van der Waals surface area contributed by atoms with Gasteiger partial charge >= 0.3 is 5.97 Å². The number of halogens is 1. The number of nitrogens with zero attached hydrogens (tertiary/aromatic N) is 2. The highest BCUT2D eigenvalue weighted by Gasteiger charge is 2.20. The number of thiophene rings is 1. The van der Waals surface area contributed by atoms with Gasteiger partial charge in [-0.25, -0.2) is 19.2 Å². The summed E-state index contributed by atoms with van der Waals surface area (Å²) in [6.45, 7) is 7.98. The molecule has 1 N–H and O–H groups in total. The van der Waals surface area contributed by atoms with E-state index in [0.29, 0.717) is 22.4 Å². The van der Waals surface area contributed by atoms with Crippen LogP contribution in [-0.4, -0.2) is 29.2 Å². The molecule has 9 heteroatoms. The Kier molecular flexibility index (Phi) is 8.01. The molecule has 0 aliphatic heterocycles. The molecule has 1 aromatic carbocycles. The molecule has 0 spiro atoms. The smallest absolute Gasteiger partial charge is 0.341 e. The van der Waals surface area contributed by atoms with Crippen LogP contribution in [0.5, 0.6) is 5.75 Å². The van der Waals surface area contributed by atoms with E-state index >= 15 is 0 Å². The van der Waals surface area contributed by atoms with Crippen LogP contribution in [0.1, 0.15) is 42.9 Å². The van der Waals surface area contributed by atoms with Crippen molar-refractivity contribution < 1.29 is 18.7 Å². The number of nitrogens with one attached hydrogen (secondary N) is 1. The molecule has 0 saturated carbocycles. The maximum Gasteiger partial charge on any atom is 0.341 e. The number of esters is 1. The number of benzene rings is 1. The van der Waals surface area contributed by atoms with Crippen molar-refractivity contribution in [2.45, 2.75) is 40.2 Å². The Labute approximate surface area is 218 Å². The minimum absolute atomic E-state index is 0.155. The van der Waals surface area contributed by atoms with E-state index in [1.54, 1.807) is 35.7 Å². The predicted molar refractivity (Wildman–Crippen MR) is 144 cm³/mol. The van der Waals surface area contributed by atoms with Crippen LogP contribution in [0.3, 0.4) is 0 Å². The van der Waals surface area contributed by atoms with Crippen molar-refractivity contribution in [1.82, 2.24) is 9.97 Å². The minimum Gasteiger partial charge on any atom is -0.488 e. The van der Waals surface area contributed by atoms with Gasteiger partial charge in [-0.1, -0.05) is 19.9 Å². The fourth-order valence-electron chi connectivity index (χ4n) is 3.64. The highest BCUT2D eigenvalue weighted by molar-refractivity contribution is 7.16. The second kappa shape index (κ2) is 11.2. The molecule has 0 atom stereocenters. The fraction of sp³-hybridized carbons (Fsp3) is 0.296. The first-order valence-corrected chi connectivity index (χ1v) is 13.3. The lowest BCUT2D eigenvalue weighted by molar-refractivity contribution is 0.0601. The van der Waals surface area contributed by atoms with Gasteiger partial charge in [0.25, 0.3) is 0 Å². The second-order valence-electron chi connectivity index (χ2n) is 8.91. The van der Waals surface area contributed by atoms with Crippen LogP contribution in [0.2, 0.25) is 0 Å². The number of thiazole rings is 1. The number of anilines is 2. The molecule has 4 aromatic rings. The van der Waals surface area contributed by atoms with E-state index < -0.39 is 11.8 Å². The number of ether oxygens (including phenoxy) is 2. The third kappa shape index (κ3) is 5.91. The Bertz CT molecular complexity index is 1350. The normalized spacial score (nSPS) is 11.2. The van der Waals surface area contributed by atoms with Gasteiger partial charge in [0.05, 0.1) is 18.9 Å². The summed E-state index contributed by atoms with van der Waals surface area (Å²) in [4.78, 5) is 24.0. The Balaban J connectivity index is 1.73. The predicted octanol–water partition coefficient (Wildman–Crippen LogP) is 7.59. The van der Waals surface area contributed by atoms with Gasteiger partial charge in [0.1, 0.15) is 11.4 Å². The summed E-state index contributed by atoms with van der Waals surface area (Å²) in [6.07, 6.45) is 2.36. The fourth-order valence-corrected chi connectivity index (χ4v) is 5.55. The summed E-state index contributed by atoms with van der Waals surface area (Å²) in [6, 6.07) is 10.5. The number of hydrogen-bond donors (Lipinski definition) is 1.